The summed E-state index contributed by atoms with van der Waals surface area (Å²) in [6.07, 6.45) is 0. The van der Waals surface area contributed by atoms with Crippen LogP contribution in [-0.2, 0) is 4.79 Å². The molecule has 0 aliphatic rings. The van der Waals surface area contributed by atoms with Crippen molar-refractivity contribution in [2.45, 2.75) is 20.8 Å². The number of para-hydroxylation sites is 1. The highest BCUT2D eigenvalue weighted by Gasteiger charge is 2.04. The van der Waals surface area contributed by atoms with Crippen molar-refractivity contribution in [3.05, 3.63) is 65.2 Å². The van der Waals surface area contributed by atoms with Gasteiger partial charge >= 0.3 is 0 Å². The van der Waals surface area contributed by atoms with Crippen LogP contribution in [0.15, 0.2) is 53.6 Å². The van der Waals surface area contributed by atoms with Crippen LogP contribution in [0, 0.1) is 13.8 Å². The van der Waals surface area contributed by atoms with Crippen molar-refractivity contribution in [3.63, 3.8) is 0 Å². The van der Waals surface area contributed by atoms with Crippen molar-refractivity contribution in [3.8, 4) is 5.75 Å². The first-order valence-electron chi connectivity index (χ1n) is 7.15. The Balaban J connectivity index is 1.88. The molecule has 0 fully saturated rings. The van der Waals surface area contributed by atoms with Gasteiger partial charge in [0.15, 0.2) is 6.61 Å². The fraction of sp³-hybridized carbons (Fsp3) is 0.222. The van der Waals surface area contributed by atoms with Crippen LogP contribution >= 0.6 is 0 Å². The Kier molecular flexibility index (Phi) is 5.31. The third-order valence-corrected chi connectivity index (χ3v) is 3.27. The number of hydrogen-bond acceptors (Lipinski definition) is 3. The first kappa shape index (κ1) is 15.8. The standard InChI is InChI=1S/C18H20N2O2/c1-13-8-10-16(11-9-13)15(3)19-20-18(21)12-22-17-7-5-4-6-14(17)2/h4-11H,12H2,1-3H3,(H,20,21)/b19-15+. The molecular weight excluding hydrogens is 276 g/mol. The summed E-state index contributed by atoms with van der Waals surface area (Å²) in [5.74, 6) is 0.423. The van der Waals surface area contributed by atoms with E-state index in [2.05, 4.69) is 10.5 Å². The molecule has 0 radical (unpaired) electrons. The second kappa shape index (κ2) is 7.41. The van der Waals surface area contributed by atoms with Gasteiger partial charge in [-0.05, 0) is 38.0 Å². The molecule has 0 bridgehead atoms. The zero-order valence-electron chi connectivity index (χ0n) is 13.1. The molecule has 0 unspecified atom stereocenters. The van der Waals surface area contributed by atoms with Crippen molar-refractivity contribution in [1.29, 1.82) is 0 Å². The van der Waals surface area contributed by atoms with E-state index in [1.165, 1.54) is 5.56 Å². The summed E-state index contributed by atoms with van der Waals surface area (Å²) in [5.41, 5.74) is 6.42. The van der Waals surface area contributed by atoms with Crippen LogP contribution in [0.3, 0.4) is 0 Å². The number of rotatable bonds is 5. The van der Waals surface area contributed by atoms with Gasteiger partial charge in [-0.3, -0.25) is 4.79 Å². The molecule has 0 saturated heterocycles. The predicted molar refractivity (Wildman–Crippen MR) is 88.2 cm³/mol. The lowest BCUT2D eigenvalue weighted by molar-refractivity contribution is -0.123. The zero-order chi connectivity index (χ0) is 15.9. The smallest absolute Gasteiger partial charge is 0.277 e. The minimum atomic E-state index is -0.283. The summed E-state index contributed by atoms with van der Waals surface area (Å²) in [4.78, 5) is 11.8. The molecule has 0 heterocycles. The molecule has 0 aromatic heterocycles. The topological polar surface area (TPSA) is 50.7 Å². The van der Waals surface area contributed by atoms with Crippen molar-refractivity contribution < 1.29 is 9.53 Å². The summed E-state index contributed by atoms with van der Waals surface area (Å²) in [5, 5.41) is 4.10. The third-order valence-electron chi connectivity index (χ3n) is 3.27. The average Bonchev–Trinajstić information content (AvgIpc) is 2.52. The molecule has 114 valence electrons. The lowest BCUT2D eigenvalue weighted by Crippen LogP contribution is -2.25. The summed E-state index contributed by atoms with van der Waals surface area (Å²) in [6.45, 7) is 5.76. The monoisotopic (exact) mass is 296 g/mol. The summed E-state index contributed by atoms with van der Waals surface area (Å²) in [7, 11) is 0. The first-order valence-corrected chi connectivity index (χ1v) is 7.15. The van der Waals surface area contributed by atoms with E-state index >= 15 is 0 Å². The van der Waals surface area contributed by atoms with Crippen LogP contribution in [0.5, 0.6) is 5.75 Å². The Labute approximate surface area is 130 Å². The number of ether oxygens (including phenoxy) is 1. The Morgan fingerprint density at radius 2 is 1.77 bits per heavy atom. The Morgan fingerprint density at radius 3 is 2.45 bits per heavy atom. The van der Waals surface area contributed by atoms with E-state index in [-0.39, 0.29) is 12.5 Å². The van der Waals surface area contributed by atoms with Gasteiger partial charge in [-0.1, -0.05) is 48.0 Å². The van der Waals surface area contributed by atoms with Gasteiger partial charge in [-0.2, -0.15) is 5.10 Å². The number of carbonyl (C=O) groups excluding carboxylic acids is 1. The highest BCUT2D eigenvalue weighted by atomic mass is 16.5. The molecule has 2 rings (SSSR count). The van der Waals surface area contributed by atoms with Crippen LogP contribution < -0.4 is 10.2 Å². The van der Waals surface area contributed by atoms with E-state index in [1.54, 1.807) is 0 Å². The van der Waals surface area contributed by atoms with E-state index in [0.29, 0.717) is 5.75 Å². The second-order valence-corrected chi connectivity index (χ2v) is 5.15. The number of carbonyl (C=O) groups is 1. The number of benzene rings is 2. The first-order chi connectivity index (χ1) is 10.6. The minimum Gasteiger partial charge on any atom is -0.483 e. The molecule has 2 aromatic carbocycles. The van der Waals surface area contributed by atoms with Crippen LogP contribution in [0.4, 0.5) is 0 Å². The van der Waals surface area contributed by atoms with Gasteiger partial charge in [0.1, 0.15) is 5.75 Å². The molecule has 4 heteroatoms. The van der Waals surface area contributed by atoms with E-state index in [1.807, 2.05) is 69.3 Å². The highest BCUT2D eigenvalue weighted by molar-refractivity contribution is 5.99. The van der Waals surface area contributed by atoms with Gasteiger partial charge in [0, 0.05) is 0 Å². The molecule has 0 atom stereocenters. The van der Waals surface area contributed by atoms with Gasteiger partial charge < -0.3 is 4.74 Å². The number of nitrogens with one attached hydrogen (secondary N) is 1. The molecule has 1 amide bonds. The van der Waals surface area contributed by atoms with Crippen LogP contribution in [-0.4, -0.2) is 18.2 Å². The summed E-state index contributed by atoms with van der Waals surface area (Å²) >= 11 is 0. The largest absolute Gasteiger partial charge is 0.483 e. The van der Waals surface area contributed by atoms with E-state index < -0.39 is 0 Å². The molecule has 0 saturated carbocycles. The lowest BCUT2D eigenvalue weighted by Gasteiger charge is -2.08. The summed E-state index contributed by atoms with van der Waals surface area (Å²) < 4.78 is 5.47. The molecule has 0 aliphatic carbocycles. The third kappa shape index (κ3) is 4.45. The predicted octanol–water partition coefficient (Wildman–Crippen LogP) is 3.22. The SMILES string of the molecule is C/C(=N\NC(=O)COc1ccccc1C)c1ccc(C)cc1. The maximum atomic E-state index is 11.8. The minimum absolute atomic E-state index is 0.0600. The quantitative estimate of drug-likeness (QED) is 0.680. The summed E-state index contributed by atoms with van der Waals surface area (Å²) in [6, 6.07) is 15.6. The van der Waals surface area contributed by atoms with Crippen molar-refractivity contribution in [2.24, 2.45) is 5.10 Å². The molecule has 0 aliphatic heterocycles. The number of nitrogens with zero attached hydrogens (tertiary/aromatic N) is 1. The van der Waals surface area contributed by atoms with Gasteiger partial charge in [0.25, 0.3) is 5.91 Å². The van der Waals surface area contributed by atoms with E-state index in [0.717, 1.165) is 16.8 Å². The normalized spacial score (nSPS) is 11.1. The maximum absolute atomic E-state index is 11.8. The average molecular weight is 296 g/mol. The second-order valence-electron chi connectivity index (χ2n) is 5.15. The van der Waals surface area contributed by atoms with Crippen molar-refractivity contribution in [1.82, 2.24) is 5.43 Å². The fourth-order valence-electron chi connectivity index (χ4n) is 1.90. The van der Waals surface area contributed by atoms with E-state index in [9.17, 15) is 4.79 Å². The van der Waals surface area contributed by atoms with Gasteiger partial charge in [0.05, 0.1) is 5.71 Å². The van der Waals surface area contributed by atoms with E-state index in [4.69, 9.17) is 4.74 Å². The Hall–Kier alpha value is -2.62. The molecule has 1 N–H and O–H groups in total. The molecule has 4 nitrogen and oxygen atoms in total. The van der Waals surface area contributed by atoms with Crippen LogP contribution in [0.1, 0.15) is 23.6 Å². The number of hydrazone groups is 1. The fourth-order valence-corrected chi connectivity index (χ4v) is 1.90. The van der Waals surface area contributed by atoms with Gasteiger partial charge in [-0.25, -0.2) is 5.43 Å². The highest BCUT2D eigenvalue weighted by Crippen LogP contribution is 2.15. The molecule has 22 heavy (non-hydrogen) atoms. The number of aryl methyl sites for hydroxylation is 2. The van der Waals surface area contributed by atoms with Gasteiger partial charge in [0.2, 0.25) is 0 Å². The Bertz CT molecular complexity index is 676. The molecule has 0 spiro atoms. The Morgan fingerprint density at radius 1 is 1.09 bits per heavy atom. The molecular formula is C18H20N2O2. The van der Waals surface area contributed by atoms with Crippen LogP contribution in [0.2, 0.25) is 0 Å². The lowest BCUT2D eigenvalue weighted by atomic mass is 10.1. The van der Waals surface area contributed by atoms with Crippen LogP contribution in [0.25, 0.3) is 0 Å². The van der Waals surface area contributed by atoms with Crippen molar-refractivity contribution >= 4 is 11.6 Å². The van der Waals surface area contributed by atoms with Gasteiger partial charge in [-0.15, -0.1) is 0 Å². The number of hydrogen-bond donors (Lipinski definition) is 1. The zero-order valence-corrected chi connectivity index (χ0v) is 13.1. The molecule has 2 aromatic rings. The maximum Gasteiger partial charge on any atom is 0.277 e. The van der Waals surface area contributed by atoms with Crippen molar-refractivity contribution in [2.75, 3.05) is 6.61 Å². The number of amides is 1.